The first-order valence-corrected chi connectivity index (χ1v) is 7.87. The summed E-state index contributed by atoms with van der Waals surface area (Å²) in [6.07, 6.45) is 2.27. The van der Waals surface area contributed by atoms with Crippen LogP contribution in [0.15, 0.2) is 60.7 Å². The fraction of sp³-hybridized carbons (Fsp3) is 0.368. The van der Waals surface area contributed by atoms with Gasteiger partial charge < -0.3 is 0 Å². The summed E-state index contributed by atoms with van der Waals surface area (Å²) < 4.78 is 0. The molecular formula is C19H23N2. The van der Waals surface area contributed by atoms with Gasteiger partial charge in [0.1, 0.15) is 0 Å². The highest BCUT2D eigenvalue weighted by Crippen LogP contribution is 2.15. The van der Waals surface area contributed by atoms with Crippen molar-refractivity contribution in [3.63, 3.8) is 0 Å². The third-order valence-electron chi connectivity index (χ3n) is 4.16. The van der Waals surface area contributed by atoms with Crippen molar-refractivity contribution in [3.05, 3.63) is 71.8 Å². The molecule has 1 radical (unpaired) electrons. The summed E-state index contributed by atoms with van der Waals surface area (Å²) in [5.41, 5.74) is 2.81. The first-order valence-electron chi connectivity index (χ1n) is 7.87. The van der Waals surface area contributed by atoms with E-state index in [0.29, 0.717) is 6.04 Å². The van der Waals surface area contributed by atoms with E-state index < -0.39 is 0 Å². The van der Waals surface area contributed by atoms with E-state index in [1.54, 1.807) is 0 Å². The second-order valence-electron chi connectivity index (χ2n) is 5.78. The van der Waals surface area contributed by atoms with E-state index in [1.165, 1.54) is 17.5 Å². The maximum absolute atomic E-state index is 4.70. The van der Waals surface area contributed by atoms with Crippen LogP contribution in [-0.4, -0.2) is 30.6 Å². The van der Waals surface area contributed by atoms with Crippen LogP contribution in [0.1, 0.15) is 17.5 Å². The van der Waals surface area contributed by atoms with Crippen molar-refractivity contribution in [2.75, 3.05) is 19.6 Å². The summed E-state index contributed by atoms with van der Waals surface area (Å²) in [6.45, 7) is 4.15. The Morgan fingerprint density at radius 2 is 1.57 bits per heavy atom. The molecule has 0 spiro atoms. The zero-order chi connectivity index (χ0) is 14.3. The van der Waals surface area contributed by atoms with Crippen molar-refractivity contribution >= 4 is 0 Å². The quantitative estimate of drug-likeness (QED) is 0.840. The number of benzene rings is 2. The average Bonchev–Trinajstić information content (AvgIpc) is 2.75. The highest BCUT2D eigenvalue weighted by atomic mass is 15.2. The van der Waals surface area contributed by atoms with Crippen LogP contribution < -0.4 is 5.32 Å². The Morgan fingerprint density at radius 3 is 2.29 bits per heavy atom. The lowest BCUT2D eigenvalue weighted by atomic mass is 10.0. The van der Waals surface area contributed by atoms with Gasteiger partial charge in [0.05, 0.1) is 0 Å². The van der Waals surface area contributed by atoms with Gasteiger partial charge in [-0.25, -0.2) is 5.32 Å². The fourth-order valence-electron chi connectivity index (χ4n) is 3.03. The lowest BCUT2D eigenvalue weighted by Crippen LogP contribution is -2.39. The molecule has 1 aliphatic rings. The van der Waals surface area contributed by atoms with E-state index >= 15 is 0 Å². The minimum Gasteiger partial charge on any atom is -0.294 e. The van der Waals surface area contributed by atoms with Crippen molar-refractivity contribution in [3.8, 4) is 0 Å². The van der Waals surface area contributed by atoms with Crippen LogP contribution in [0.3, 0.4) is 0 Å². The van der Waals surface area contributed by atoms with Crippen molar-refractivity contribution in [1.29, 1.82) is 0 Å². The van der Waals surface area contributed by atoms with E-state index in [0.717, 1.165) is 32.6 Å². The highest BCUT2D eigenvalue weighted by molar-refractivity contribution is 5.17. The van der Waals surface area contributed by atoms with E-state index in [1.807, 2.05) is 0 Å². The van der Waals surface area contributed by atoms with Gasteiger partial charge in [-0.3, -0.25) is 4.90 Å². The molecule has 109 valence electrons. The van der Waals surface area contributed by atoms with Crippen molar-refractivity contribution in [1.82, 2.24) is 10.2 Å². The molecule has 0 aliphatic carbocycles. The number of rotatable bonds is 4. The standard InChI is InChI=1S/C19H23N2/c1-3-8-17(9-4-1)14-19-15-20-12-7-13-21(19)16-18-10-5-2-6-11-18/h1-6,8-11,19H,7,12-16H2. The van der Waals surface area contributed by atoms with E-state index in [-0.39, 0.29) is 0 Å². The van der Waals surface area contributed by atoms with Crippen LogP contribution in [-0.2, 0) is 13.0 Å². The molecule has 0 amide bonds. The normalized spacial score (nSPS) is 20.1. The lowest BCUT2D eigenvalue weighted by molar-refractivity contribution is 0.198. The summed E-state index contributed by atoms with van der Waals surface area (Å²) in [5.74, 6) is 0. The topological polar surface area (TPSA) is 17.3 Å². The smallest absolute Gasteiger partial charge is 0.0293 e. The molecule has 1 unspecified atom stereocenters. The van der Waals surface area contributed by atoms with Crippen LogP contribution in [0, 0.1) is 0 Å². The molecule has 3 rings (SSSR count). The minimum absolute atomic E-state index is 0.523. The molecule has 0 aromatic heterocycles. The van der Waals surface area contributed by atoms with Crippen LogP contribution >= 0.6 is 0 Å². The molecule has 2 heteroatoms. The molecule has 2 nitrogen and oxygen atoms in total. The molecule has 1 heterocycles. The summed E-state index contributed by atoms with van der Waals surface area (Å²) in [6, 6.07) is 22.1. The molecule has 2 aromatic rings. The number of nitrogens with zero attached hydrogens (tertiary/aromatic N) is 2. The second kappa shape index (κ2) is 7.39. The maximum Gasteiger partial charge on any atom is 0.0293 e. The molecule has 1 fully saturated rings. The van der Waals surface area contributed by atoms with Crippen molar-refractivity contribution in [2.24, 2.45) is 0 Å². The van der Waals surface area contributed by atoms with Gasteiger partial charge >= 0.3 is 0 Å². The maximum atomic E-state index is 4.70. The summed E-state index contributed by atoms with van der Waals surface area (Å²) in [5, 5.41) is 4.70. The van der Waals surface area contributed by atoms with Crippen molar-refractivity contribution in [2.45, 2.75) is 25.4 Å². The van der Waals surface area contributed by atoms with Crippen molar-refractivity contribution < 1.29 is 0 Å². The largest absolute Gasteiger partial charge is 0.294 e. The zero-order valence-corrected chi connectivity index (χ0v) is 12.5. The van der Waals surface area contributed by atoms with Gasteiger partial charge in [-0.2, -0.15) is 0 Å². The van der Waals surface area contributed by atoms with Crippen LogP contribution in [0.25, 0.3) is 0 Å². The Bertz CT molecular complexity index is 474. The SMILES string of the molecule is c1ccc(CC2C[N]CCCN2Cc2ccccc2)cc1. The zero-order valence-electron chi connectivity index (χ0n) is 12.5. The van der Waals surface area contributed by atoms with Gasteiger partial charge in [-0.05, 0) is 24.0 Å². The van der Waals surface area contributed by atoms with E-state index in [9.17, 15) is 0 Å². The third kappa shape index (κ3) is 4.16. The highest BCUT2D eigenvalue weighted by Gasteiger charge is 2.21. The minimum atomic E-state index is 0.523. The van der Waals surface area contributed by atoms with Gasteiger partial charge in [-0.15, -0.1) is 0 Å². The first kappa shape index (κ1) is 14.3. The predicted octanol–water partition coefficient (Wildman–Crippen LogP) is 3.11. The fourth-order valence-corrected chi connectivity index (χ4v) is 3.03. The van der Waals surface area contributed by atoms with Crippen LogP contribution in [0.2, 0.25) is 0 Å². The molecule has 1 saturated heterocycles. The molecule has 0 bridgehead atoms. The van der Waals surface area contributed by atoms with Gasteiger partial charge in [0.2, 0.25) is 0 Å². The Balaban J connectivity index is 1.71. The van der Waals surface area contributed by atoms with Gasteiger partial charge in [0, 0.05) is 32.2 Å². The van der Waals surface area contributed by atoms with Gasteiger partial charge in [-0.1, -0.05) is 60.7 Å². The Hall–Kier alpha value is -1.64. The molecule has 2 aromatic carbocycles. The molecule has 0 saturated carbocycles. The summed E-state index contributed by atoms with van der Waals surface area (Å²) in [4.78, 5) is 2.61. The summed E-state index contributed by atoms with van der Waals surface area (Å²) in [7, 11) is 0. The average molecular weight is 279 g/mol. The van der Waals surface area contributed by atoms with Crippen LogP contribution in [0.5, 0.6) is 0 Å². The monoisotopic (exact) mass is 279 g/mol. The van der Waals surface area contributed by atoms with Crippen LogP contribution in [0.4, 0.5) is 0 Å². The number of hydrogen-bond acceptors (Lipinski definition) is 1. The summed E-state index contributed by atoms with van der Waals surface area (Å²) >= 11 is 0. The molecule has 1 atom stereocenters. The van der Waals surface area contributed by atoms with E-state index in [4.69, 9.17) is 5.32 Å². The Morgan fingerprint density at radius 1 is 0.905 bits per heavy atom. The molecule has 21 heavy (non-hydrogen) atoms. The second-order valence-corrected chi connectivity index (χ2v) is 5.78. The van der Waals surface area contributed by atoms with E-state index in [2.05, 4.69) is 65.6 Å². The molecular weight excluding hydrogens is 256 g/mol. The third-order valence-corrected chi connectivity index (χ3v) is 4.16. The van der Waals surface area contributed by atoms with Gasteiger partial charge in [0.15, 0.2) is 0 Å². The Labute approximate surface area is 127 Å². The van der Waals surface area contributed by atoms with Gasteiger partial charge in [0.25, 0.3) is 0 Å². The predicted molar refractivity (Wildman–Crippen MR) is 87.3 cm³/mol. The molecule has 0 N–H and O–H groups in total. The molecule has 1 aliphatic heterocycles. The number of hydrogen-bond donors (Lipinski definition) is 0. The lowest BCUT2D eigenvalue weighted by Gasteiger charge is -2.29. The first-order chi connectivity index (χ1) is 10.4. The Kier molecular flexibility index (Phi) is 5.03.